The predicted molar refractivity (Wildman–Crippen MR) is 72.6 cm³/mol. The molecule has 1 heterocycles. The summed E-state index contributed by atoms with van der Waals surface area (Å²) in [5.41, 5.74) is 0.473. The molecule has 18 heavy (non-hydrogen) atoms. The van der Waals surface area contributed by atoms with Gasteiger partial charge in [0, 0.05) is 23.3 Å². The molecule has 2 rings (SSSR count). The fourth-order valence-corrected chi connectivity index (χ4v) is 2.11. The first-order chi connectivity index (χ1) is 8.54. The van der Waals surface area contributed by atoms with E-state index in [1.165, 1.54) is 0 Å². The summed E-state index contributed by atoms with van der Waals surface area (Å²) >= 11 is 5.96. The Morgan fingerprint density at radius 1 is 1.39 bits per heavy atom. The lowest BCUT2D eigenvalue weighted by atomic mass is 9.90. The van der Waals surface area contributed by atoms with E-state index in [1.807, 2.05) is 23.0 Å². The Kier molecular flexibility index (Phi) is 3.73. The Balaban J connectivity index is 2.34. The number of halogens is 1. The second-order valence-corrected chi connectivity index (χ2v) is 5.01. The second kappa shape index (κ2) is 5.12. The molecule has 3 nitrogen and oxygen atoms in total. The highest BCUT2D eigenvalue weighted by atomic mass is 35.5. The number of hydrogen-bond acceptors (Lipinski definition) is 2. The lowest BCUT2D eigenvalue weighted by molar-refractivity contribution is 0.102. The van der Waals surface area contributed by atoms with Crippen LogP contribution in [-0.2, 0) is 12.1 Å². The third-order valence-electron chi connectivity index (χ3n) is 3.03. The molecule has 0 aliphatic heterocycles. The van der Waals surface area contributed by atoms with Crippen molar-refractivity contribution in [3.63, 3.8) is 0 Å². The molecule has 0 spiro atoms. The van der Waals surface area contributed by atoms with Gasteiger partial charge in [-0.2, -0.15) is 5.10 Å². The molecule has 96 valence electrons. The quantitative estimate of drug-likeness (QED) is 0.921. The van der Waals surface area contributed by atoms with Gasteiger partial charge in [-0.1, -0.05) is 30.7 Å². The highest BCUT2D eigenvalue weighted by molar-refractivity contribution is 6.30. The summed E-state index contributed by atoms with van der Waals surface area (Å²) in [5.74, 6) is 0. The van der Waals surface area contributed by atoms with Crippen LogP contribution in [-0.4, -0.2) is 14.9 Å². The number of rotatable bonds is 4. The maximum atomic E-state index is 10.7. The van der Waals surface area contributed by atoms with Crippen molar-refractivity contribution in [3.8, 4) is 0 Å². The van der Waals surface area contributed by atoms with E-state index < -0.39 is 5.60 Å². The Bertz CT molecular complexity index is 534. The van der Waals surface area contributed by atoms with Gasteiger partial charge >= 0.3 is 0 Å². The molecule has 0 aliphatic rings. The molecule has 2 aromatic rings. The predicted octanol–water partition coefficient (Wildman–Crippen LogP) is 3.20. The van der Waals surface area contributed by atoms with Crippen molar-refractivity contribution in [2.24, 2.45) is 0 Å². The van der Waals surface area contributed by atoms with Crippen LogP contribution in [0.4, 0.5) is 0 Å². The van der Waals surface area contributed by atoms with Crippen LogP contribution in [0.2, 0.25) is 5.02 Å². The SMILES string of the molecule is CCCn1cc(C(C)(O)c2cccc(Cl)c2)cn1. The number of aliphatic hydroxyl groups is 1. The molecular weight excluding hydrogens is 248 g/mol. The van der Waals surface area contributed by atoms with E-state index in [-0.39, 0.29) is 0 Å². The van der Waals surface area contributed by atoms with E-state index >= 15 is 0 Å². The first kappa shape index (κ1) is 13.1. The lowest BCUT2D eigenvalue weighted by Gasteiger charge is -2.22. The summed E-state index contributed by atoms with van der Waals surface area (Å²) in [6, 6.07) is 7.27. The van der Waals surface area contributed by atoms with Gasteiger partial charge in [0.05, 0.1) is 6.20 Å². The number of hydrogen-bond donors (Lipinski definition) is 1. The maximum absolute atomic E-state index is 10.7. The zero-order chi connectivity index (χ0) is 13.2. The van der Waals surface area contributed by atoms with Gasteiger partial charge in [0.2, 0.25) is 0 Å². The Morgan fingerprint density at radius 2 is 2.17 bits per heavy atom. The van der Waals surface area contributed by atoms with Crippen molar-refractivity contribution in [1.82, 2.24) is 9.78 Å². The molecule has 0 fully saturated rings. The summed E-state index contributed by atoms with van der Waals surface area (Å²) in [6.07, 6.45) is 4.60. The van der Waals surface area contributed by atoms with Crippen LogP contribution in [0, 0.1) is 0 Å². The fraction of sp³-hybridized carbons (Fsp3) is 0.357. The van der Waals surface area contributed by atoms with Gasteiger partial charge in [0.1, 0.15) is 5.60 Å². The minimum Gasteiger partial charge on any atom is -0.381 e. The molecule has 0 aliphatic carbocycles. The van der Waals surface area contributed by atoms with Gasteiger partial charge in [-0.25, -0.2) is 0 Å². The Hall–Kier alpha value is -1.32. The largest absolute Gasteiger partial charge is 0.381 e. The van der Waals surface area contributed by atoms with Crippen LogP contribution in [0.25, 0.3) is 0 Å². The van der Waals surface area contributed by atoms with Crippen LogP contribution in [0.15, 0.2) is 36.7 Å². The minimum absolute atomic E-state index is 0.619. The van der Waals surface area contributed by atoms with Crippen molar-refractivity contribution in [2.45, 2.75) is 32.4 Å². The van der Waals surface area contributed by atoms with Crippen molar-refractivity contribution < 1.29 is 5.11 Å². The number of benzene rings is 1. The van der Waals surface area contributed by atoms with Gasteiger partial charge in [-0.05, 0) is 31.0 Å². The molecule has 1 atom stereocenters. The van der Waals surface area contributed by atoms with Crippen molar-refractivity contribution in [3.05, 3.63) is 52.8 Å². The number of aromatic nitrogens is 2. The van der Waals surface area contributed by atoms with E-state index in [4.69, 9.17) is 11.6 Å². The summed E-state index contributed by atoms with van der Waals surface area (Å²) in [7, 11) is 0. The van der Waals surface area contributed by atoms with Crippen molar-refractivity contribution in [2.75, 3.05) is 0 Å². The summed E-state index contributed by atoms with van der Waals surface area (Å²) < 4.78 is 1.84. The summed E-state index contributed by atoms with van der Waals surface area (Å²) in [4.78, 5) is 0. The molecule has 1 aromatic heterocycles. The van der Waals surface area contributed by atoms with E-state index in [9.17, 15) is 5.11 Å². The first-order valence-electron chi connectivity index (χ1n) is 6.05. The van der Waals surface area contributed by atoms with Crippen molar-refractivity contribution in [1.29, 1.82) is 0 Å². The number of aryl methyl sites for hydroxylation is 1. The average molecular weight is 265 g/mol. The van der Waals surface area contributed by atoms with E-state index in [1.54, 1.807) is 25.3 Å². The highest BCUT2D eigenvalue weighted by Gasteiger charge is 2.27. The zero-order valence-electron chi connectivity index (χ0n) is 10.6. The van der Waals surface area contributed by atoms with Gasteiger partial charge in [-0.15, -0.1) is 0 Å². The van der Waals surface area contributed by atoms with Crippen LogP contribution < -0.4 is 0 Å². The van der Waals surface area contributed by atoms with E-state index in [0.29, 0.717) is 5.02 Å². The van der Waals surface area contributed by atoms with E-state index in [0.717, 1.165) is 24.1 Å². The molecule has 0 saturated carbocycles. The summed E-state index contributed by atoms with van der Waals surface area (Å²) in [5, 5.41) is 15.5. The normalized spacial score (nSPS) is 14.4. The maximum Gasteiger partial charge on any atom is 0.115 e. The van der Waals surface area contributed by atoms with Crippen LogP contribution >= 0.6 is 11.6 Å². The minimum atomic E-state index is -1.07. The number of nitrogens with zero attached hydrogens (tertiary/aromatic N) is 2. The molecule has 1 unspecified atom stereocenters. The van der Waals surface area contributed by atoms with E-state index in [2.05, 4.69) is 12.0 Å². The topological polar surface area (TPSA) is 38.0 Å². The van der Waals surface area contributed by atoms with Crippen LogP contribution in [0.3, 0.4) is 0 Å². The third kappa shape index (κ3) is 2.57. The van der Waals surface area contributed by atoms with Crippen molar-refractivity contribution >= 4 is 11.6 Å². The lowest BCUT2D eigenvalue weighted by Crippen LogP contribution is -2.22. The molecule has 4 heteroatoms. The third-order valence-corrected chi connectivity index (χ3v) is 3.27. The average Bonchev–Trinajstić information content (AvgIpc) is 2.79. The van der Waals surface area contributed by atoms with Gasteiger partial charge in [0.15, 0.2) is 0 Å². The molecule has 1 aromatic carbocycles. The standard InChI is InChI=1S/C14H17ClN2O/c1-3-7-17-10-12(9-16-17)14(2,18)11-5-4-6-13(15)8-11/h4-6,8-10,18H,3,7H2,1-2H3. The fourth-order valence-electron chi connectivity index (χ4n) is 1.92. The Morgan fingerprint density at radius 3 is 2.83 bits per heavy atom. The van der Waals surface area contributed by atoms with Gasteiger partial charge in [-0.3, -0.25) is 4.68 Å². The smallest absolute Gasteiger partial charge is 0.115 e. The monoisotopic (exact) mass is 264 g/mol. The summed E-state index contributed by atoms with van der Waals surface area (Å²) in [6.45, 7) is 4.70. The Labute approximate surface area is 112 Å². The molecule has 0 radical (unpaired) electrons. The highest BCUT2D eigenvalue weighted by Crippen LogP contribution is 2.30. The van der Waals surface area contributed by atoms with Gasteiger partial charge < -0.3 is 5.11 Å². The molecule has 0 saturated heterocycles. The van der Waals surface area contributed by atoms with Crippen LogP contribution in [0.5, 0.6) is 0 Å². The zero-order valence-corrected chi connectivity index (χ0v) is 11.4. The second-order valence-electron chi connectivity index (χ2n) is 4.57. The molecular formula is C14H17ClN2O. The molecule has 0 bridgehead atoms. The van der Waals surface area contributed by atoms with Crippen LogP contribution in [0.1, 0.15) is 31.4 Å². The van der Waals surface area contributed by atoms with Gasteiger partial charge in [0.25, 0.3) is 0 Å². The first-order valence-corrected chi connectivity index (χ1v) is 6.43. The molecule has 0 amide bonds. The molecule has 1 N–H and O–H groups in total.